The molecule has 2 N–H and O–H groups in total. The zero-order valence-corrected chi connectivity index (χ0v) is 15.4. The molecule has 0 bridgehead atoms. The Kier molecular flexibility index (Phi) is 4.81. The van der Waals surface area contributed by atoms with Crippen molar-refractivity contribution in [3.63, 3.8) is 0 Å². The number of aromatic nitrogens is 2. The van der Waals surface area contributed by atoms with Crippen molar-refractivity contribution in [2.24, 2.45) is 5.92 Å². The minimum Gasteiger partial charge on any atom is -0.383 e. The summed E-state index contributed by atoms with van der Waals surface area (Å²) in [6.45, 7) is 0.996. The van der Waals surface area contributed by atoms with Crippen LogP contribution in [0.1, 0.15) is 48.4 Å². The number of aryl methyl sites for hydroxylation is 2. The summed E-state index contributed by atoms with van der Waals surface area (Å²) in [5.41, 5.74) is 7.53. The summed E-state index contributed by atoms with van der Waals surface area (Å²) in [6.07, 6.45) is 2.28. The number of nitrogens with zero attached hydrogens (tertiary/aromatic N) is 3. The number of rotatable bonds is 2. The van der Waals surface area contributed by atoms with Gasteiger partial charge < -0.3 is 5.73 Å². The summed E-state index contributed by atoms with van der Waals surface area (Å²) in [5, 5.41) is 0.975. The molecule has 4 rings (SSSR count). The lowest BCUT2D eigenvalue weighted by atomic mass is 9.97. The quantitative estimate of drug-likeness (QED) is 0.784. The van der Waals surface area contributed by atoms with Crippen LogP contribution in [0.4, 0.5) is 19.0 Å². The first-order chi connectivity index (χ1) is 12.4. The van der Waals surface area contributed by atoms with Crippen LogP contribution in [-0.4, -0.2) is 34.1 Å². The van der Waals surface area contributed by atoms with Crippen molar-refractivity contribution in [3.8, 4) is 0 Å². The van der Waals surface area contributed by atoms with Crippen LogP contribution < -0.4 is 5.73 Å². The molecule has 2 aromatic rings. The summed E-state index contributed by atoms with van der Waals surface area (Å²) in [7, 11) is 0. The Morgan fingerprint density at radius 1 is 1.12 bits per heavy atom. The molecule has 2 aromatic heterocycles. The van der Waals surface area contributed by atoms with Gasteiger partial charge in [0.15, 0.2) is 0 Å². The maximum Gasteiger partial charge on any atom is 0.393 e. The number of alkyl halides is 3. The van der Waals surface area contributed by atoms with Crippen LogP contribution in [0.25, 0.3) is 10.2 Å². The monoisotopic (exact) mass is 384 g/mol. The molecule has 2 aliphatic rings. The third-order valence-corrected chi connectivity index (χ3v) is 6.66. The molecule has 0 spiro atoms. The summed E-state index contributed by atoms with van der Waals surface area (Å²) in [5.74, 6) is -0.238. The number of likely N-dealkylation sites (tertiary alicyclic amines) is 1. The highest BCUT2D eigenvalue weighted by molar-refractivity contribution is 7.19. The molecule has 0 amide bonds. The molecule has 1 unspecified atom stereocenters. The average Bonchev–Trinajstić information content (AvgIpc) is 2.77. The predicted octanol–water partition coefficient (Wildman–Crippen LogP) is 4.32. The van der Waals surface area contributed by atoms with Gasteiger partial charge in [0, 0.05) is 11.4 Å². The Balaban J connectivity index is 1.58. The highest BCUT2D eigenvalue weighted by Gasteiger charge is 2.41. The van der Waals surface area contributed by atoms with Crippen LogP contribution in [-0.2, 0) is 19.4 Å². The number of hydrogen-bond acceptors (Lipinski definition) is 5. The molecule has 1 fully saturated rings. The van der Waals surface area contributed by atoms with E-state index in [1.54, 1.807) is 16.2 Å². The van der Waals surface area contributed by atoms with Gasteiger partial charge in [-0.1, -0.05) is 6.42 Å². The maximum atomic E-state index is 13.0. The standard InChI is InChI=1S/C18H23F3N4S/c19-18(20,21)11-5-4-8-25(9-11)10-14-23-16(22)15-12-6-2-1-3-7-13(12)26-17(15)24-14/h11H,1-10H2,(H2,22,23,24). The summed E-state index contributed by atoms with van der Waals surface area (Å²) in [6, 6.07) is 0. The number of anilines is 1. The highest BCUT2D eigenvalue weighted by Crippen LogP contribution is 2.37. The average molecular weight is 384 g/mol. The molecular formula is C18H23F3N4S. The molecule has 8 heteroatoms. The molecule has 26 heavy (non-hydrogen) atoms. The van der Waals surface area contributed by atoms with Crippen molar-refractivity contribution >= 4 is 27.4 Å². The molecule has 142 valence electrons. The van der Waals surface area contributed by atoms with E-state index < -0.39 is 12.1 Å². The number of thiophene rings is 1. The van der Waals surface area contributed by atoms with Crippen molar-refractivity contribution in [3.05, 3.63) is 16.3 Å². The fraction of sp³-hybridized carbons (Fsp3) is 0.667. The molecule has 1 aliphatic heterocycles. The van der Waals surface area contributed by atoms with E-state index >= 15 is 0 Å². The van der Waals surface area contributed by atoms with Crippen molar-refractivity contribution in [2.45, 2.75) is 57.7 Å². The molecular weight excluding hydrogens is 361 g/mol. The lowest BCUT2D eigenvalue weighted by Gasteiger charge is -2.33. The van der Waals surface area contributed by atoms with Gasteiger partial charge in [-0.25, -0.2) is 9.97 Å². The number of fused-ring (bicyclic) bond motifs is 3. The van der Waals surface area contributed by atoms with Gasteiger partial charge in [0.25, 0.3) is 0 Å². The fourth-order valence-corrected chi connectivity index (χ4v) is 5.43. The zero-order chi connectivity index (χ0) is 18.3. The lowest BCUT2D eigenvalue weighted by molar-refractivity contribution is -0.187. The lowest BCUT2D eigenvalue weighted by Crippen LogP contribution is -2.41. The van der Waals surface area contributed by atoms with Gasteiger partial charge in [0.05, 0.1) is 17.8 Å². The van der Waals surface area contributed by atoms with E-state index in [1.807, 2.05) is 0 Å². The largest absolute Gasteiger partial charge is 0.393 e. The van der Waals surface area contributed by atoms with Crippen LogP contribution in [0.5, 0.6) is 0 Å². The van der Waals surface area contributed by atoms with E-state index in [0.717, 1.165) is 29.5 Å². The van der Waals surface area contributed by atoms with Gasteiger partial charge in [-0.15, -0.1) is 11.3 Å². The molecule has 0 radical (unpaired) electrons. The second kappa shape index (κ2) is 6.96. The van der Waals surface area contributed by atoms with E-state index in [2.05, 4.69) is 9.97 Å². The molecule has 1 saturated heterocycles. The Morgan fingerprint density at radius 2 is 1.92 bits per heavy atom. The van der Waals surface area contributed by atoms with E-state index in [1.165, 1.54) is 23.3 Å². The Labute approximate surface area is 154 Å². The summed E-state index contributed by atoms with van der Waals surface area (Å²) in [4.78, 5) is 13.2. The topological polar surface area (TPSA) is 55.0 Å². The number of hydrogen-bond donors (Lipinski definition) is 1. The first-order valence-electron chi connectivity index (χ1n) is 9.27. The van der Waals surface area contributed by atoms with Gasteiger partial charge in [0.2, 0.25) is 0 Å². The fourth-order valence-electron chi connectivity index (χ4n) is 4.15. The molecule has 1 atom stereocenters. The van der Waals surface area contributed by atoms with Gasteiger partial charge in [-0.05, 0) is 50.6 Å². The number of piperidine rings is 1. The molecule has 4 nitrogen and oxygen atoms in total. The van der Waals surface area contributed by atoms with Crippen molar-refractivity contribution in [1.29, 1.82) is 0 Å². The normalized spacial score (nSPS) is 22.3. The van der Waals surface area contributed by atoms with Crippen LogP contribution in [0.15, 0.2) is 0 Å². The predicted molar refractivity (Wildman–Crippen MR) is 97.1 cm³/mol. The van der Waals surface area contributed by atoms with Crippen LogP contribution >= 0.6 is 11.3 Å². The van der Waals surface area contributed by atoms with E-state index in [-0.39, 0.29) is 13.0 Å². The first-order valence-corrected chi connectivity index (χ1v) is 10.1. The van der Waals surface area contributed by atoms with Gasteiger partial charge in [-0.3, -0.25) is 4.90 Å². The third-order valence-electron chi connectivity index (χ3n) is 5.47. The Bertz CT molecular complexity index is 802. The molecule has 0 aromatic carbocycles. The van der Waals surface area contributed by atoms with Crippen LogP contribution in [0.2, 0.25) is 0 Å². The van der Waals surface area contributed by atoms with E-state index in [0.29, 0.717) is 31.2 Å². The molecule has 1 aliphatic carbocycles. The number of nitrogens with two attached hydrogens (primary N) is 1. The minimum absolute atomic E-state index is 0.0196. The van der Waals surface area contributed by atoms with Crippen molar-refractivity contribution in [1.82, 2.24) is 14.9 Å². The summed E-state index contributed by atoms with van der Waals surface area (Å²) < 4.78 is 39.0. The molecule has 0 saturated carbocycles. The Hall–Kier alpha value is -1.41. The maximum absolute atomic E-state index is 13.0. The first kappa shape index (κ1) is 18.0. The summed E-state index contributed by atoms with van der Waals surface area (Å²) >= 11 is 1.68. The van der Waals surface area contributed by atoms with Crippen molar-refractivity contribution in [2.75, 3.05) is 18.8 Å². The molecule has 3 heterocycles. The Morgan fingerprint density at radius 3 is 2.73 bits per heavy atom. The van der Waals surface area contributed by atoms with Crippen LogP contribution in [0.3, 0.4) is 0 Å². The number of nitrogen functional groups attached to an aromatic ring is 1. The SMILES string of the molecule is Nc1nc(CN2CCCC(C(F)(F)F)C2)nc2sc3c(c12)CCCCC3. The third kappa shape index (κ3) is 3.53. The highest BCUT2D eigenvalue weighted by atomic mass is 32.1. The van der Waals surface area contributed by atoms with E-state index in [4.69, 9.17) is 5.73 Å². The number of halogens is 3. The zero-order valence-electron chi connectivity index (χ0n) is 14.6. The second-order valence-electron chi connectivity index (χ2n) is 7.39. The van der Waals surface area contributed by atoms with Crippen LogP contribution in [0, 0.1) is 5.92 Å². The van der Waals surface area contributed by atoms with Gasteiger partial charge >= 0.3 is 6.18 Å². The minimum atomic E-state index is -4.13. The van der Waals surface area contributed by atoms with Crippen molar-refractivity contribution < 1.29 is 13.2 Å². The van der Waals surface area contributed by atoms with Gasteiger partial charge in [-0.2, -0.15) is 13.2 Å². The van der Waals surface area contributed by atoms with E-state index in [9.17, 15) is 13.2 Å². The second-order valence-corrected chi connectivity index (χ2v) is 8.47. The van der Waals surface area contributed by atoms with Gasteiger partial charge in [0.1, 0.15) is 16.5 Å². The smallest absolute Gasteiger partial charge is 0.383 e.